The normalized spacial score (nSPS) is 23.2. The van der Waals surface area contributed by atoms with Crippen LogP contribution >= 0.6 is 39.1 Å². The van der Waals surface area contributed by atoms with Crippen LogP contribution in [0.5, 0.6) is 11.5 Å². The zero-order valence-electron chi connectivity index (χ0n) is 14.4. The van der Waals surface area contributed by atoms with Crippen molar-refractivity contribution in [1.29, 1.82) is 0 Å². The van der Waals surface area contributed by atoms with E-state index in [2.05, 4.69) is 39.5 Å². The maximum Gasteiger partial charge on any atom is 0.174 e. The van der Waals surface area contributed by atoms with Crippen molar-refractivity contribution >= 4 is 44.8 Å². The van der Waals surface area contributed by atoms with Gasteiger partial charge in [-0.15, -0.1) is 0 Å². The van der Waals surface area contributed by atoms with Crippen LogP contribution < -0.4 is 14.8 Å². The summed E-state index contributed by atoms with van der Waals surface area (Å²) in [6.07, 6.45) is 5.49. The second kappa shape index (κ2) is 6.99. The van der Waals surface area contributed by atoms with E-state index >= 15 is 0 Å². The number of fused-ring (bicyclic) bond motifs is 3. The van der Waals surface area contributed by atoms with Gasteiger partial charge in [0.25, 0.3) is 0 Å². The molecule has 26 heavy (non-hydrogen) atoms. The van der Waals surface area contributed by atoms with Crippen LogP contribution in [-0.4, -0.2) is 14.2 Å². The molecular formula is C20H18BrCl2NO2. The highest BCUT2D eigenvalue weighted by atomic mass is 79.9. The lowest BCUT2D eigenvalue weighted by Crippen LogP contribution is -2.29. The van der Waals surface area contributed by atoms with E-state index in [0.717, 1.165) is 27.7 Å². The molecule has 0 radical (unpaired) electrons. The fraction of sp³-hybridized carbons (Fsp3) is 0.300. The van der Waals surface area contributed by atoms with Gasteiger partial charge in [-0.3, -0.25) is 0 Å². The molecule has 0 unspecified atom stereocenters. The number of hydrogen-bond donors (Lipinski definition) is 1. The highest BCUT2D eigenvalue weighted by Crippen LogP contribution is 2.53. The van der Waals surface area contributed by atoms with Crippen molar-refractivity contribution in [3.63, 3.8) is 0 Å². The first-order valence-electron chi connectivity index (χ1n) is 8.37. The summed E-state index contributed by atoms with van der Waals surface area (Å²) in [6, 6.07) is 8.01. The Labute approximate surface area is 171 Å². The summed E-state index contributed by atoms with van der Waals surface area (Å²) in [5.41, 5.74) is 3.26. The van der Waals surface area contributed by atoms with E-state index in [1.165, 1.54) is 0 Å². The first-order valence-corrected chi connectivity index (χ1v) is 9.92. The maximum absolute atomic E-state index is 6.52. The Balaban J connectivity index is 1.82. The summed E-state index contributed by atoms with van der Waals surface area (Å²) in [6.45, 7) is 0. The number of rotatable bonds is 3. The molecule has 2 aromatic rings. The second-order valence-electron chi connectivity index (χ2n) is 6.56. The van der Waals surface area contributed by atoms with Crippen molar-refractivity contribution < 1.29 is 9.47 Å². The number of nitrogens with one attached hydrogen (secondary N) is 1. The van der Waals surface area contributed by atoms with E-state index in [4.69, 9.17) is 32.7 Å². The Kier molecular flexibility index (Phi) is 4.84. The number of anilines is 1. The quantitative estimate of drug-likeness (QED) is 0.530. The Morgan fingerprint density at radius 2 is 1.92 bits per heavy atom. The Morgan fingerprint density at radius 3 is 2.65 bits per heavy atom. The monoisotopic (exact) mass is 453 g/mol. The Bertz CT molecular complexity index is 900. The molecule has 2 aromatic carbocycles. The molecule has 0 bridgehead atoms. The van der Waals surface area contributed by atoms with E-state index in [1.54, 1.807) is 14.2 Å². The van der Waals surface area contributed by atoms with Crippen molar-refractivity contribution in [2.45, 2.75) is 18.4 Å². The number of ether oxygens (including phenoxy) is 2. The molecule has 3 atom stereocenters. The molecule has 6 heteroatoms. The third-order valence-corrected chi connectivity index (χ3v) is 6.31. The van der Waals surface area contributed by atoms with Crippen LogP contribution in [0.1, 0.15) is 29.5 Å². The minimum Gasteiger partial charge on any atom is -0.493 e. The first kappa shape index (κ1) is 18.0. The molecule has 3 nitrogen and oxygen atoms in total. The molecule has 0 saturated carbocycles. The molecule has 136 valence electrons. The summed E-state index contributed by atoms with van der Waals surface area (Å²) in [4.78, 5) is 0. The van der Waals surface area contributed by atoms with Crippen molar-refractivity contribution in [3.05, 3.63) is 62.1 Å². The first-order chi connectivity index (χ1) is 12.5. The van der Waals surface area contributed by atoms with Gasteiger partial charge in [-0.2, -0.15) is 0 Å². The van der Waals surface area contributed by atoms with Gasteiger partial charge in [0.15, 0.2) is 11.5 Å². The molecule has 0 fully saturated rings. The predicted molar refractivity (Wildman–Crippen MR) is 110 cm³/mol. The largest absolute Gasteiger partial charge is 0.493 e. The molecule has 0 saturated heterocycles. The van der Waals surface area contributed by atoms with Crippen LogP contribution in [0.3, 0.4) is 0 Å². The molecule has 0 spiro atoms. The molecule has 4 rings (SSSR count). The number of benzene rings is 2. The number of allylic oxidation sites excluding steroid dienone is 2. The lowest BCUT2D eigenvalue weighted by Gasteiger charge is -2.38. The zero-order chi connectivity index (χ0) is 18.4. The minimum absolute atomic E-state index is 0.119. The summed E-state index contributed by atoms with van der Waals surface area (Å²) >= 11 is 16.4. The smallest absolute Gasteiger partial charge is 0.174 e. The highest BCUT2D eigenvalue weighted by molar-refractivity contribution is 9.10. The van der Waals surface area contributed by atoms with Gasteiger partial charge in [0.2, 0.25) is 0 Å². The fourth-order valence-electron chi connectivity index (χ4n) is 4.09. The van der Waals surface area contributed by atoms with Gasteiger partial charge in [0, 0.05) is 27.2 Å². The van der Waals surface area contributed by atoms with E-state index < -0.39 is 0 Å². The molecule has 1 heterocycles. The zero-order valence-corrected chi connectivity index (χ0v) is 17.5. The summed E-state index contributed by atoms with van der Waals surface area (Å²) in [5, 5.41) is 5.01. The molecule has 0 aromatic heterocycles. The molecule has 0 amide bonds. The van der Waals surface area contributed by atoms with Crippen LogP contribution in [0.2, 0.25) is 10.0 Å². The van der Waals surface area contributed by atoms with E-state index in [0.29, 0.717) is 27.5 Å². The third-order valence-electron chi connectivity index (χ3n) is 5.19. The summed E-state index contributed by atoms with van der Waals surface area (Å²) in [5.74, 6) is 2.05. The van der Waals surface area contributed by atoms with Crippen LogP contribution in [0.25, 0.3) is 0 Å². The SMILES string of the molecule is COc1cc([C@H]2Nc3cc(Cl)cc(Cl)c3[C@H]3C=CC[C@@H]32)cc(Br)c1OC. The minimum atomic E-state index is 0.119. The molecular weight excluding hydrogens is 437 g/mol. The Hall–Kier alpha value is -1.36. The van der Waals surface area contributed by atoms with Crippen molar-refractivity contribution in [3.8, 4) is 11.5 Å². The van der Waals surface area contributed by atoms with Gasteiger partial charge >= 0.3 is 0 Å². The lowest BCUT2D eigenvalue weighted by molar-refractivity contribution is 0.351. The van der Waals surface area contributed by atoms with Gasteiger partial charge < -0.3 is 14.8 Å². The van der Waals surface area contributed by atoms with E-state index in [1.807, 2.05) is 18.2 Å². The van der Waals surface area contributed by atoms with Crippen LogP contribution in [-0.2, 0) is 0 Å². The molecule has 2 aliphatic rings. The van der Waals surface area contributed by atoms with E-state index in [9.17, 15) is 0 Å². The topological polar surface area (TPSA) is 30.5 Å². The molecule has 1 aliphatic heterocycles. The van der Waals surface area contributed by atoms with Crippen molar-refractivity contribution in [2.75, 3.05) is 19.5 Å². The number of halogens is 3. The summed E-state index contributed by atoms with van der Waals surface area (Å²) < 4.78 is 11.8. The standard InChI is InChI=1S/C20H18BrCl2NO2/c1-25-17-7-10(6-14(21)20(17)26-2)19-13-5-3-4-12(13)18-15(23)8-11(22)9-16(18)24-19/h3-4,6-9,12-13,19,24H,5H2,1-2H3/t12-,13-,19+/m0/s1. The van der Waals surface area contributed by atoms with Gasteiger partial charge in [-0.25, -0.2) is 0 Å². The third kappa shape index (κ3) is 2.88. The van der Waals surface area contributed by atoms with Gasteiger partial charge in [0.1, 0.15) is 0 Å². The average Bonchev–Trinajstić information content (AvgIpc) is 3.09. The number of hydrogen-bond acceptors (Lipinski definition) is 3. The number of methoxy groups -OCH3 is 2. The van der Waals surface area contributed by atoms with E-state index in [-0.39, 0.29) is 12.0 Å². The van der Waals surface area contributed by atoms with Crippen LogP contribution in [0.15, 0.2) is 40.9 Å². The predicted octanol–water partition coefficient (Wildman–Crippen LogP) is 6.60. The van der Waals surface area contributed by atoms with Gasteiger partial charge in [0.05, 0.1) is 24.7 Å². The average molecular weight is 455 g/mol. The summed E-state index contributed by atoms with van der Waals surface area (Å²) in [7, 11) is 3.29. The van der Waals surface area contributed by atoms with Gasteiger partial charge in [-0.05, 0) is 58.1 Å². The Morgan fingerprint density at radius 1 is 1.12 bits per heavy atom. The van der Waals surface area contributed by atoms with Crippen LogP contribution in [0.4, 0.5) is 5.69 Å². The van der Waals surface area contributed by atoms with Crippen LogP contribution in [0, 0.1) is 5.92 Å². The lowest BCUT2D eigenvalue weighted by atomic mass is 9.77. The second-order valence-corrected chi connectivity index (χ2v) is 8.26. The molecule has 1 aliphatic carbocycles. The molecule has 1 N–H and O–H groups in total. The van der Waals surface area contributed by atoms with Gasteiger partial charge in [-0.1, -0.05) is 35.4 Å². The fourth-order valence-corrected chi connectivity index (χ4v) is 5.33. The van der Waals surface area contributed by atoms with Crippen molar-refractivity contribution in [1.82, 2.24) is 0 Å². The van der Waals surface area contributed by atoms with Crippen molar-refractivity contribution in [2.24, 2.45) is 5.92 Å². The highest BCUT2D eigenvalue weighted by Gasteiger charge is 2.39. The maximum atomic E-state index is 6.52.